The highest BCUT2D eigenvalue weighted by Crippen LogP contribution is 2.22. The van der Waals surface area contributed by atoms with Gasteiger partial charge in [-0.15, -0.1) is 0 Å². The summed E-state index contributed by atoms with van der Waals surface area (Å²) < 4.78 is 39.7. The van der Waals surface area contributed by atoms with Crippen molar-refractivity contribution in [2.45, 2.75) is 18.1 Å². The minimum absolute atomic E-state index is 0.141. The molecule has 5 nitrogen and oxygen atoms in total. The second-order valence-electron chi connectivity index (χ2n) is 4.02. The Morgan fingerprint density at radius 3 is 2.53 bits per heavy atom. The Hall–Kier alpha value is -1.67. The largest absolute Gasteiger partial charge is 0.315 e. The molecule has 0 amide bonds. The predicted octanol–water partition coefficient (Wildman–Crippen LogP) is 1.99. The van der Waals surface area contributed by atoms with E-state index in [1.807, 2.05) is 0 Å². The van der Waals surface area contributed by atoms with Crippen molar-refractivity contribution in [2.75, 3.05) is 4.72 Å². The molecule has 8 heteroatoms. The molecule has 0 aliphatic rings. The molecule has 0 saturated heterocycles. The topological polar surface area (TPSA) is 79.0 Å². The molecule has 1 heterocycles. The maximum atomic E-state index is 13.6. The van der Waals surface area contributed by atoms with E-state index >= 15 is 0 Å². The van der Waals surface area contributed by atoms with Crippen LogP contribution in [0.4, 0.5) is 10.1 Å². The summed E-state index contributed by atoms with van der Waals surface area (Å²) in [5.74, 6) is -0.663. The number of sulfonamides is 1. The number of H-pyrrole nitrogens is 1. The molecule has 0 aliphatic heterocycles. The van der Waals surface area contributed by atoms with Gasteiger partial charge in [0.1, 0.15) is 5.82 Å². The summed E-state index contributed by atoms with van der Waals surface area (Å²) in [5, 5.41) is 0. The SMILES string of the molecule is Cc1ccc(NS(=O)(=O)c2sc(=O)[nH]c2C)c(F)c1. The van der Waals surface area contributed by atoms with Crippen molar-refractivity contribution < 1.29 is 12.8 Å². The highest BCUT2D eigenvalue weighted by Gasteiger charge is 2.21. The minimum atomic E-state index is -3.96. The first-order valence-corrected chi connectivity index (χ1v) is 7.58. The van der Waals surface area contributed by atoms with Crippen LogP contribution < -0.4 is 9.60 Å². The third-order valence-electron chi connectivity index (χ3n) is 2.39. The van der Waals surface area contributed by atoms with E-state index in [2.05, 4.69) is 9.71 Å². The average molecular weight is 302 g/mol. The van der Waals surface area contributed by atoms with Gasteiger partial charge in [0.2, 0.25) is 0 Å². The summed E-state index contributed by atoms with van der Waals surface area (Å²) in [6, 6.07) is 4.16. The summed E-state index contributed by atoms with van der Waals surface area (Å²) >= 11 is 0.566. The number of aromatic amines is 1. The summed E-state index contributed by atoms with van der Waals surface area (Å²) in [4.78, 5) is 13.0. The van der Waals surface area contributed by atoms with E-state index in [0.717, 1.165) is 0 Å². The number of aromatic nitrogens is 1. The lowest BCUT2D eigenvalue weighted by Crippen LogP contribution is -2.13. The summed E-state index contributed by atoms with van der Waals surface area (Å²) in [6.45, 7) is 3.17. The van der Waals surface area contributed by atoms with Crippen LogP contribution in [0.5, 0.6) is 0 Å². The molecule has 0 fully saturated rings. The van der Waals surface area contributed by atoms with Crippen LogP contribution in [-0.2, 0) is 10.0 Å². The van der Waals surface area contributed by atoms with Crippen molar-refractivity contribution in [3.63, 3.8) is 0 Å². The average Bonchev–Trinajstić information content (AvgIpc) is 2.63. The molecule has 0 aliphatic carbocycles. The zero-order valence-electron chi connectivity index (χ0n) is 10.2. The van der Waals surface area contributed by atoms with Crippen LogP contribution >= 0.6 is 11.3 Å². The first-order valence-electron chi connectivity index (χ1n) is 5.28. The molecule has 0 unspecified atom stereocenters. The van der Waals surface area contributed by atoms with E-state index in [-0.39, 0.29) is 15.6 Å². The molecule has 1 aromatic carbocycles. The van der Waals surface area contributed by atoms with Crippen LogP contribution in [0, 0.1) is 19.7 Å². The van der Waals surface area contributed by atoms with Crippen molar-refractivity contribution >= 4 is 27.0 Å². The number of thiazole rings is 1. The van der Waals surface area contributed by atoms with Gasteiger partial charge in [-0.1, -0.05) is 17.4 Å². The van der Waals surface area contributed by atoms with Gasteiger partial charge in [-0.25, -0.2) is 12.8 Å². The lowest BCUT2D eigenvalue weighted by molar-refractivity contribution is 0.599. The molecule has 0 atom stereocenters. The van der Waals surface area contributed by atoms with Gasteiger partial charge in [0.15, 0.2) is 4.21 Å². The molecular weight excluding hydrogens is 291 g/mol. The summed E-state index contributed by atoms with van der Waals surface area (Å²) in [7, 11) is -3.96. The standard InChI is InChI=1S/C11H11FN2O3S2/c1-6-3-4-9(8(12)5-6)14-19(16,17)10-7(2)13-11(15)18-10/h3-5,14H,1-2H3,(H,13,15). The predicted molar refractivity (Wildman–Crippen MR) is 71.6 cm³/mol. The molecule has 102 valence electrons. The van der Waals surface area contributed by atoms with Crippen LogP contribution in [-0.4, -0.2) is 13.4 Å². The Morgan fingerprint density at radius 2 is 2.00 bits per heavy atom. The van der Waals surface area contributed by atoms with Crippen molar-refractivity contribution in [3.05, 3.63) is 44.9 Å². The molecule has 2 rings (SSSR count). The molecular formula is C11H11FN2O3S2. The van der Waals surface area contributed by atoms with Gasteiger partial charge < -0.3 is 4.98 Å². The number of halogens is 1. The van der Waals surface area contributed by atoms with Crippen molar-refractivity contribution in [2.24, 2.45) is 0 Å². The zero-order chi connectivity index (χ0) is 14.2. The van der Waals surface area contributed by atoms with Crippen molar-refractivity contribution in [3.8, 4) is 0 Å². The van der Waals surface area contributed by atoms with E-state index in [1.165, 1.54) is 19.1 Å². The molecule has 0 bridgehead atoms. The van der Waals surface area contributed by atoms with E-state index < -0.39 is 20.7 Å². The zero-order valence-corrected chi connectivity index (χ0v) is 11.8. The number of hydrogen-bond acceptors (Lipinski definition) is 4. The second-order valence-corrected chi connectivity index (χ2v) is 6.88. The first-order chi connectivity index (χ1) is 8.79. The summed E-state index contributed by atoms with van der Waals surface area (Å²) in [5.41, 5.74) is 0.767. The minimum Gasteiger partial charge on any atom is -0.315 e. The Bertz CT molecular complexity index is 777. The number of rotatable bonds is 3. The molecule has 0 spiro atoms. The number of nitrogens with one attached hydrogen (secondary N) is 2. The van der Waals surface area contributed by atoms with Gasteiger partial charge in [0.05, 0.1) is 5.69 Å². The lowest BCUT2D eigenvalue weighted by atomic mass is 10.2. The third kappa shape index (κ3) is 2.85. The van der Waals surface area contributed by atoms with Gasteiger partial charge in [-0.2, -0.15) is 0 Å². The van der Waals surface area contributed by atoms with Gasteiger partial charge in [-0.05, 0) is 31.5 Å². The molecule has 0 saturated carbocycles. The fraction of sp³-hybridized carbons (Fsp3) is 0.182. The Balaban J connectivity index is 2.42. The summed E-state index contributed by atoms with van der Waals surface area (Å²) in [6.07, 6.45) is 0. The van der Waals surface area contributed by atoms with Crippen molar-refractivity contribution in [1.29, 1.82) is 0 Å². The van der Waals surface area contributed by atoms with Crippen LogP contribution in [0.15, 0.2) is 27.2 Å². The molecule has 2 aromatic rings. The maximum Gasteiger partial charge on any atom is 0.306 e. The first kappa shape index (κ1) is 13.8. The van der Waals surface area contributed by atoms with Gasteiger partial charge >= 0.3 is 4.87 Å². The smallest absolute Gasteiger partial charge is 0.306 e. The lowest BCUT2D eigenvalue weighted by Gasteiger charge is -2.08. The van der Waals surface area contributed by atoms with E-state index in [9.17, 15) is 17.6 Å². The number of anilines is 1. The molecule has 2 N–H and O–H groups in total. The van der Waals surface area contributed by atoms with Gasteiger partial charge in [0.25, 0.3) is 10.0 Å². The normalized spacial score (nSPS) is 11.5. The van der Waals surface area contributed by atoms with E-state index in [1.54, 1.807) is 13.0 Å². The van der Waals surface area contributed by atoms with Gasteiger partial charge in [0, 0.05) is 5.69 Å². The second kappa shape index (κ2) is 4.78. The number of benzene rings is 1. The van der Waals surface area contributed by atoms with Crippen LogP contribution in [0.1, 0.15) is 11.3 Å². The maximum absolute atomic E-state index is 13.6. The Labute approximate surface area is 113 Å². The fourth-order valence-electron chi connectivity index (χ4n) is 1.54. The van der Waals surface area contributed by atoms with Crippen LogP contribution in [0.3, 0.4) is 0 Å². The number of hydrogen-bond donors (Lipinski definition) is 2. The van der Waals surface area contributed by atoms with E-state index in [4.69, 9.17) is 0 Å². The fourth-order valence-corrected chi connectivity index (χ4v) is 3.91. The monoisotopic (exact) mass is 302 g/mol. The molecule has 1 aromatic heterocycles. The Morgan fingerprint density at radius 1 is 1.32 bits per heavy atom. The Kier molecular flexibility index (Phi) is 3.46. The molecule has 0 radical (unpaired) electrons. The van der Waals surface area contributed by atoms with Crippen LogP contribution in [0.2, 0.25) is 0 Å². The molecule has 19 heavy (non-hydrogen) atoms. The number of aryl methyl sites for hydroxylation is 2. The highest BCUT2D eigenvalue weighted by molar-refractivity contribution is 7.94. The van der Waals surface area contributed by atoms with Crippen LogP contribution in [0.25, 0.3) is 0 Å². The van der Waals surface area contributed by atoms with Crippen molar-refractivity contribution in [1.82, 2.24) is 4.98 Å². The van der Waals surface area contributed by atoms with Gasteiger partial charge in [-0.3, -0.25) is 9.52 Å². The highest BCUT2D eigenvalue weighted by atomic mass is 32.2. The van der Waals surface area contributed by atoms with E-state index in [0.29, 0.717) is 16.9 Å². The third-order valence-corrected chi connectivity index (χ3v) is 5.36. The quantitative estimate of drug-likeness (QED) is 0.910.